The van der Waals surface area contributed by atoms with Gasteiger partial charge in [-0.3, -0.25) is 38.4 Å². The molecule has 2 aromatic rings. The van der Waals surface area contributed by atoms with Gasteiger partial charge in [0.1, 0.15) is 0 Å². The van der Waals surface area contributed by atoms with Crippen molar-refractivity contribution in [3.8, 4) is 0 Å². The highest BCUT2D eigenvalue weighted by atomic mass is 17.2. The number of carbonyl (C=O) groups is 10. The number of rotatable bonds is 38. The number of Topliss-reactive ketones (excluding diaryl/α,β-unsaturated/α-hetero) is 4. The van der Waals surface area contributed by atoms with Gasteiger partial charge in [0.2, 0.25) is 23.1 Å². The number of carbonyl (C=O) groups excluding carboxylic acids is 10. The summed E-state index contributed by atoms with van der Waals surface area (Å²) in [5.41, 5.74) is -2.52. The van der Waals surface area contributed by atoms with Crippen molar-refractivity contribution in [1.29, 1.82) is 0 Å². The predicted molar refractivity (Wildman–Crippen MR) is 323 cm³/mol. The summed E-state index contributed by atoms with van der Waals surface area (Å²) in [7, 11) is 0. The summed E-state index contributed by atoms with van der Waals surface area (Å²) >= 11 is 0. The molecule has 474 valence electrons. The largest absolute Gasteiger partial charge is 0.454 e. The van der Waals surface area contributed by atoms with Crippen molar-refractivity contribution in [2.24, 2.45) is 23.7 Å². The maximum Gasteiger partial charge on any atom is 0.387 e. The lowest BCUT2D eigenvalue weighted by Crippen LogP contribution is -2.35. The molecule has 0 spiro atoms. The molecule has 16 heteroatoms. The molecule has 0 bridgehead atoms. The quantitative estimate of drug-likeness (QED) is 0.0152. The summed E-state index contributed by atoms with van der Waals surface area (Å²) in [6.07, 6.45) is 18.2. The van der Waals surface area contributed by atoms with Crippen LogP contribution in [0.2, 0.25) is 0 Å². The molecule has 16 nitrogen and oxygen atoms in total. The average Bonchev–Trinajstić information content (AvgIpc) is 1.29. The first-order chi connectivity index (χ1) is 41.7. The van der Waals surface area contributed by atoms with Crippen LogP contribution in [0.25, 0.3) is 0 Å². The first-order valence-electron chi connectivity index (χ1n) is 33.4. The maximum absolute atomic E-state index is 15.4. The van der Waals surface area contributed by atoms with Gasteiger partial charge in [0, 0.05) is 22.3 Å². The third kappa shape index (κ3) is 20.3. The molecule has 0 saturated heterocycles. The summed E-state index contributed by atoms with van der Waals surface area (Å²) in [4.78, 5) is 156. The topological polar surface area (TPSA) is 226 Å². The van der Waals surface area contributed by atoms with Crippen LogP contribution in [0.1, 0.15) is 321 Å². The second-order valence-corrected chi connectivity index (χ2v) is 24.7. The number of hydrogen-bond donors (Lipinski definition) is 0. The number of ketones is 4. The van der Waals surface area contributed by atoms with Crippen LogP contribution < -0.4 is 0 Å². The van der Waals surface area contributed by atoms with E-state index in [0.29, 0.717) is 89.9 Å². The van der Waals surface area contributed by atoms with Crippen LogP contribution in [0.5, 0.6) is 0 Å². The van der Waals surface area contributed by atoms with E-state index in [1.54, 1.807) is 0 Å². The fourth-order valence-corrected chi connectivity index (χ4v) is 12.8. The van der Waals surface area contributed by atoms with Crippen LogP contribution in [0.3, 0.4) is 0 Å². The number of ether oxygens (including phenoxy) is 4. The Bertz CT molecular complexity index is 2400. The van der Waals surface area contributed by atoms with E-state index in [9.17, 15) is 28.8 Å². The molecule has 0 heterocycles. The molecule has 0 aromatic heterocycles. The van der Waals surface area contributed by atoms with Crippen molar-refractivity contribution in [1.82, 2.24) is 0 Å². The van der Waals surface area contributed by atoms with Gasteiger partial charge < -0.3 is 18.9 Å². The lowest BCUT2D eigenvalue weighted by atomic mass is 9.88. The zero-order valence-corrected chi connectivity index (χ0v) is 52.1. The highest BCUT2D eigenvalue weighted by Gasteiger charge is 2.41. The van der Waals surface area contributed by atoms with Gasteiger partial charge in [0.25, 0.3) is 0 Å². The number of benzene rings is 2. The first-order valence-corrected chi connectivity index (χ1v) is 33.4. The van der Waals surface area contributed by atoms with Crippen LogP contribution in [0, 0.1) is 23.7 Å². The summed E-state index contributed by atoms with van der Waals surface area (Å²) in [5.74, 6) is -9.84. The van der Waals surface area contributed by atoms with Gasteiger partial charge in [-0.1, -0.05) is 180 Å². The molecule has 4 fully saturated rings. The second-order valence-electron chi connectivity index (χ2n) is 24.7. The number of hydrogen-bond acceptors (Lipinski definition) is 16. The van der Waals surface area contributed by atoms with E-state index in [1.807, 2.05) is 27.7 Å². The second kappa shape index (κ2) is 36.9. The van der Waals surface area contributed by atoms with Gasteiger partial charge in [0.05, 0.1) is 34.8 Å². The van der Waals surface area contributed by atoms with Crippen LogP contribution in [0.15, 0.2) is 36.4 Å². The Labute approximate surface area is 510 Å². The summed E-state index contributed by atoms with van der Waals surface area (Å²) in [6, 6.07) is 7.86. The zero-order valence-electron chi connectivity index (χ0n) is 52.1. The van der Waals surface area contributed by atoms with E-state index in [2.05, 4.69) is 0 Å². The van der Waals surface area contributed by atoms with Gasteiger partial charge in [-0.25, -0.2) is 19.4 Å². The monoisotopic (exact) mass is 1190 g/mol. The van der Waals surface area contributed by atoms with Crippen LogP contribution in [-0.2, 0) is 47.9 Å². The molecule has 4 unspecified atom stereocenters. The fraction of sp³-hybridized carbons (Fsp3) is 0.686. The van der Waals surface area contributed by atoms with Gasteiger partial charge in [0.15, 0.2) is 24.4 Å². The standard InChI is InChI=1S/C70H98O16/c1-5-9-13-17-43-55(81-65(75)47-31-21-22-32-47)61(71)51-39-29-41-53(59(51)63(73)57(45-19-15-11-7-3)83-67(77)49-35-25-26-36-49)69(79)85-86-70(80)54-42-30-40-52(62(72)56(44-18-14-10-6-2)82-66(76)48-33-23-24-34-48)60(54)64(74)58(46-20-16-12-8-4)84-68(78)50-37-27-28-38-50/h29-30,39-42,47-50,55-58H,5-28,31-38,43-46H2,1-4H3. The molecule has 4 saturated carbocycles. The van der Waals surface area contributed by atoms with Crippen molar-refractivity contribution < 1.29 is 76.7 Å². The van der Waals surface area contributed by atoms with E-state index >= 15 is 19.2 Å². The Hall–Kier alpha value is -6.06. The van der Waals surface area contributed by atoms with E-state index in [0.717, 1.165) is 116 Å². The molecule has 86 heavy (non-hydrogen) atoms. The molecule has 0 N–H and O–H groups in total. The SMILES string of the molecule is CCCCCCC(OC(=O)C1CCCC1)C(=O)c1cccc(C(=O)OOC(=O)c2cccc(C(=O)C(CCCCCC)OC(=O)C3CCCC3)c2C(=O)C(CCCCCC)OC(=O)C2CCCC2)c1C(=O)C(CCCCCC)OC(=O)C1CCCC1. The Morgan fingerprint density at radius 1 is 0.326 bits per heavy atom. The van der Waals surface area contributed by atoms with Crippen molar-refractivity contribution in [3.05, 3.63) is 69.8 Å². The zero-order chi connectivity index (χ0) is 61.8. The van der Waals surface area contributed by atoms with E-state index in [4.69, 9.17) is 28.7 Å². The third-order valence-electron chi connectivity index (χ3n) is 18.0. The summed E-state index contributed by atoms with van der Waals surface area (Å²) < 4.78 is 24.2. The molecular formula is C70H98O16. The number of esters is 4. The summed E-state index contributed by atoms with van der Waals surface area (Å²) in [6.45, 7) is 8.16. The molecule has 0 aliphatic heterocycles. The normalized spacial score (nSPS) is 17.1. The van der Waals surface area contributed by atoms with E-state index in [1.165, 1.54) is 36.4 Å². The summed E-state index contributed by atoms with van der Waals surface area (Å²) in [5, 5.41) is 0. The van der Waals surface area contributed by atoms with Crippen molar-refractivity contribution in [2.45, 2.75) is 283 Å². The minimum absolute atomic E-state index is 0.0706. The third-order valence-corrected chi connectivity index (χ3v) is 18.0. The smallest absolute Gasteiger partial charge is 0.387 e. The van der Waals surface area contributed by atoms with E-state index < -0.39 is 129 Å². The first kappa shape index (κ1) is 69.0. The van der Waals surface area contributed by atoms with Gasteiger partial charge in [-0.05, 0) is 115 Å². The van der Waals surface area contributed by atoms with Crippen LogP contribution in [0.4, 0.5) is 0 Å². The predicted octanol–water partition coefficient (Wildman–Crippen LogP) is 15.6. The molecule has 0 amide bonds. The van der Waals surface area contributed by atoms with Gasteiger partial charge in [-0.15, -0.1) is 0 Å². The molecule has 6 rings (SSSR count). The minimum atomic E-state index is -1.44. The molecular weight excluding hydrogens is 1100 g/mol. The highest BCUT2D eigenvalue weighted by molar-refractivity contribution is 6.18. The molecule has 4 aliphatic rings. The fourth-order valence-electron chi connectivity index (χ4n) is 12.8. The lowest BCUT2D eigenvalue weighted by Gasteiger charge is -2.24. The molecule has 0 radical (unpaired) electrons. The Morgan fingerprint density at radius 2 is 0.558 bits per heavy atom. The van der Waals surface area contributed by atoms with Gasteiger partial charge in [-0.2, -0.15) is 0 Å². The number of unbranched alkanes of at least 4 members (excludes halogenated alkanes) is 12. The Balaban J connectivity index is 1.42. The maximum atomic E-state index is 15.4. The van der Waals surface area contributed by atoms with Crippen molar-refractivity contribution >= 4 is 58.9 Å². The van der Waals surface area contributed by atoms with Crippen molar-refractivity contribution in [2.75, 3.05) is 0 Å². The van der Waals surface area contributed by atoms with Crippen molar-refractivity contribution in [3.63, 3.8) is 0 Å². The molecule has 4 aliphatic carbocycles. The minimum Gasteiger partial charge on any atom is -0.454 e. The van der Waals surface area contributed by atoms with Crippen LogP contribution in [-0.4, -0.2) is 83.4 Å². The highest BCUT2D eigenvalue weighted by Crippen LogP contribution is 2.34. The lowest BCUT2D eigenvalue weighted by molar-refractivity contribution is -0.187. The van der Waals surface area contributed by atoms with Gasteiger partial charge >= 0.3 is 35.8 Å². The average molecular weight is 1200 g/mol. The molecule has 2 aromatic carbocycles. The van der Waals surface area contributed by atoms with E-state index in [-0.39, 0.29) is 36.8 Å². The molecule has 4 atom stereocenters. The van der Waals surface area contributed by atoms with Crippen LogP contribution >= 0.6 is 0 Å². The Kier molecular flexibility index (Phi) is 29.7. The Morgan fingerprint density at radius 3 is 0.802 bits per heavy atom.